The maximum atomic E-state index is 12.1. The summed E-state index contributed by atoms with van der Waals surface area (Å²) in [5.74, 6) is -0.0852. The van der Waals surface area contributed by atoms with Crippen molar-refractivity contribution in [1.82, 2.24) is 10.3 Å². The maximum Gasteiger partial charge on any atom is 0.275 e. The molecule has 0 bridgehead atoms. The number of ether oxygens (including phenoxy) is 1. The highest BCUT2D eigenvalue weighted by Gasteiger charge is 2.16. The van der Waals surface area contributed by atoms with Crippen molar-refractivity contribution in [3.05, 3.63) is 83.8 Å². The summed E-state index contributed by atoms with van der Waals surface area (Å²) in [5.41, 5.74) is 2.89. The van der Waals surface area contributed by atoms with Gasteiger partial charge in [0.05, 0.1) is 0 Å². The van der Waals surface area contributed by atoms with Crippen molar-refractivity contribution in [3.63, 3.8) is 0 Å². The standard InChI is InChI=1S/C21H20N2O4S/c1-16(27-20-12-11-18-9-5-6-10-19(18)15-20)21(24)22-23-28(25,26)14-13-17-7-3-2-4-8-17/h2-16,23H,1H3,(H,22,24)/b14-13+/t16-/m0/s1. The molecule has 28 heavy (non-hydrogen) atoms. The molecule has 3 aromatic rings. The highest BCUT2D eigenvalue weighted by atomic mass is 32.2. The Labute approximate surface area is 163 Å². The number of nitrogens with one attached hydrogen (secondary N) is 2. The lowest BCUT2D eigenvalue weighted by atomic mass is 10.1. The van der Waals surface area contributed by atoms with Crippen LogP contribution in [0.1, 0.15) is 12.5 Å². The van der Waals surface area contributed by atoms with Crippen LogP contribution in [-0.4, -0.2) is 20.4 Å². The van der Waals surface area contributed by atoms with Crippen LogP contribution in [0.5, 0.6) is 5.75 Å². The minimum atomic E-state index is -3.83. The molecule has 3 aromatic carbocycles. The summed E-state index contributed by atoms with van der Waals surface area (Å²) in [7, 11) is -3.83. The van der Waals surface area contributed by atoms with Gasteiger partial charge < -0.3 is 4.74 Å². The lowest BCUT2D eigenvalue weighted by Gasteiger charge is -2.15. The van der Waals surface area contributed by atoms with Crippen molar-refractivity contribution in [2.75, 3.05) is 0 Å². The van der Waals surface area contributed by atoms with E-state index in [4.69, 9.17) is 4.74 Å². The highest BCUT2D eigenvalue weighted by Crippen LogP contribution is 2.21. The molecule has 0 saturated carbocycles. The molecule has 2 N–H and O–H groups in total. The second-order valence-electron chi connectivity index (χ2n) is 6.12. The number of hydrogen-bond donors (Lipinski definition) is 2. The number of fused-ring (bicyclic) bond motifs is 1. The second kappa shape index (κ2) is 8.69. The van der Waals surface area contributed by atoms with Crippen molar-refractivity contribution in [3.8, 4) is 5.75 Å². The second-order valence-corrected chi connectivity index (χ2v) is 7.69. The third-order valence-electron chi connectivity index (χ3n) is 3.96. The van der Waals surface area contributed by atoms with Gasteiger partial charge in [-0.1, -0.05) is 60.7 Å². The van der Waals surface area contributed by atoms with Crippen LogP contribution in [0.2, 0.25) is 0 Å². The van der Waals surface area contributed by atoms with Gasteiger partial charge in [-0.05, 0) is 41.5 Å². The molecule has 0 aliphatic heterocycles. The van der Waals surface area contributed by atoms with E-state index >= 15 is 0 Å². The van der Waals surface area contributed by atoms with Crippen molar-refractivity contribution >= 4 is 32.8 Å². The molecule has 1 atom stereocenters. The fraction of sp³-hybridized carbons (Fsp3) is 0.0952. The van der Waals surface area contributed by atoms with Crippen LogP contribution in [0.3, 0.4) is 0 Å². The number of sulfonamides is 1. The zero-order valence-electron chi connectivity index (χ0n) is 15.2. The van der Waals surface area contributed by atoms with Crippen LogP contribution >= 0.6 is 0 Å². The number of hydrogen-bond acceptors (Lipinski definition) is 4. The smallest absolute Gasteiger partial charge is 0.275 e. The van der Waals surface area contributed by atoms with Crippen LogP contribution in [0, 0.1) is 0 Å². The topological polar surface area (TPSA) is 84.5 Å². The molecule has 6 nitrogen and oxygen atoms in total. The number of benzene rings is 3. The van der Waals surface area contributed by atoms with Gasteiger partial charge >= 0.3 is 0 Å². The monoisotopic (exact) mass is 396 g/mol. The van der Waals surface area contributed by atoms with Gasteiger partial charge in [0.15, 0.2) is 6.10 Å². The lowest BCUT2D eigenvalue weighted by Crippen LogP contribution is -2.46. The van der Waals surface area contributed by atoms with Gasteiger partial charge in [0.25, 0.3) is 15.9 Å². The van der Waals surface area contributed by atoms with Crippen molar-refractivity contribution in [1.29, 1.82) is 0 Å². The van der Waals surface area contributed by atoms with E-state index in [2.05, 4.69) is 5.43 Å². The van der Waals surface area contributed by atoms with Crippen molar-refractivity contribution < 1.29 is 17.9 Å². The Balaban J connectivity index is 1.56. The average molecular weight is 396 g/mol. The number of carbonyl (C=O) groups is 1. The van der Waals surface area contributed by atoms with Crippen molar-refractivity contribution in [2.45, 2.75) is 13.0 Å². The first kappa shape index (κ1) is 19.6. The van der Waals surface area contributed by atoms with Gasteiger partial charge in [-0.2, -0.15) is 0 Å². The average Bonchev–Trinajstić information content (AvgIpc) is 2.71. The molecule has 0 spiro atoms. The molecular formula is C21H20N2O4S. The molecule has 0 fully saturated rings. The molecule has 1 amide bonds. The van der Waals surface area contributed by atoms with Gasteiger partial charge in [0, 0.05) is 5.41 Å². The minimum absolute atomic E-state index is 0.521. The van der Waals surface area contributed by atoms with Crippen LogP contribution in [0.25, 0.3) is 16.8 Å². The van der Waals surface area contributed by atoms with Gasteiger partial charge in [-0.15, -0.1) is 4.83 Å². The van der Waals surface area contributed by atoms with E-state index in [9.17, 15) is 13.2 Å². The normalized spacial score (nSPS) is 12.8. The molecule has 3 rings (SSSR count). The third-order valence-corrected chi connectivity index (χ3v) is 4.84. The van der Waals surface area contributed by atoms with Gasteiger partial charge in [-0.3, -0.25) is 10.2 Å². The molecule has 7 heteroatoms. The Kier molecular flexibility index (Phi) is 6.08. The molecule has 0 aliphatic carbocycles. The van der Waals surface area contributed by atoms with Crippen LogP contribution < -0.4 is 15.0 Å². The van der Waals surface area contributed by atoms with Crippen LogP contribution in [-0.2, 0) is 14.8 Å². The SMILES string of the molecule is C[C@H](Oc1ccc2ccccc2c1)C(=O)NNS(=O)(=O)/C=C/c1ccccc1. The molecular weight excluding hydrogens is 376 g/mol. The number of amides is 1. The summed E-state index contributed by atoms with van der Waals surface area (Å²) in [6.07, 6.45) is 0.547. The van der Waals surface area contributed by atoms with E-state index in [1.54, 1.807) is 37.3 Å². The summed E-state index contributed by atoms with van der Waals surface area (Å²) in [4.78, 5) is 14.2. The summed E-state index contributed by atoms with van der Waals surface area (Å²) >= 11 is 0. The Hall–Kier alpha value is -3.16. The molecule has 0 heterocycles. The number of hydrazine groups is 1. The minimum Gasteiger partial charge on any atom is -0.481 e. The predicted octanol–water partition coefficient (Wildman–Crippen LogP) is 3.23. The predicted molar refractivity (Wildman–Crippen MR) is 110 cm³/mol. The zero-order valence-corrected chi connectivity index (χ0v) is 16.0. The highest BCUT2D eigenvalue weighted by molar-refractivity contribution is 7.92. The van der Waals surface area contributed by atoms with E-state index in [0.717, 1.165) is 21.7 Å². The molecule has 0 aliphatic rings. The number of rotatable bonds is 7. The van der Waals surface area contributed by atoms with E-state index in [1.807, 2.05) is 47.3 Å². The molecule has 0 unspecified atom stereocenters. The maximum absolute atomic E-state index is 12.1. The Morgan fingerprint density at radius 3 is 2.39 bits per heavy atom. The summed E-state index contributed by atoms with van der Waals surface area (Å²) in [6, 6.07) is 22.2. The van der Waals surface area contributed by atoms with E-state index in [0.29, 0.717) is 5.75 Å². The van der Waals surface area contributed by atoms with E-state index in [-0.39, 0.29) is 0 Å². The van der Waals surface area contributed by atoms with Gasteiger partial charge in [0.1, 0.15) is 5.75 Å². The largest absolute Gasteiger partial charge is 0.481 e. The fourth-order valence-corrected chi connectivity index (χ4v) is 3.13. The first-order valence-corrected chi connectivity index (χ1v) is 10.2. The quantitative estimate of drug-likeness (QED) is 0.601. The first-order chi connectivity index (χ1) is 13.4. The van der Waals surface area contributed by atoms with Gasteiger partial charge in [-0.25, -0.2) is 8.42 Å². The molecule has 0 aromatic heterocycles. The molecule has 144 valence electrons. The third kappa shape index (κ3) is 5.42. The summed E-state index contributed by atoms with van der Waals surface area (Å²) in [6.45, 7) is 1.54. The van der Waals surface area contributed by atoms with Gasteiger partial charge in [0.2, 0.25) is 0 Å². The van der Waals surface area contributed by atoms with E-state index in [1.165, 1.54) is 6.08 Å². The Bertz CT molecular complexity index is 1100. The number of carbonyl (C=O) groups excluding carboxylic acids is 1. The van der Waals surface area contributed by atoms with Crippen molar-refractivity contribution in [2.24, 2.45) is 0 Å². The van der Waals surface area contributed by atoms with Crippen LogP contribution in [0.4, 0.5) is 0 Å². The zero-order chi connectivity index (χ0) is 20.0. The molecule has 0 saturated heterocycles. The first-order valence-electron chi connectivity index (χ1n) is 8.63. The summed E-state index contributed by atoms with van der Waals surface area (Å²) in [5, 5.41) is 3.03. The van der Waals surface area contributed by atoms with Crippen LogP contribution in [0.15, 0.2) is 78.2 Å². The Morgan fingerprint density at radius 2 is 1.64 bits per heavy atom. The lowest BCUT2D eigenvalue weighted by molar-refractivity contribution is -0.127. The van der Waals surface area contributed by atoms with E-state index < -0.39 is 22.0 Å². The Morgan fingerprint density at radius 1 is 0.964 bits per heavy atom. The summed E-state index contributed by atoms with van der Waals surface area (Å²) < 4.78 is 29.6. The molecule has 0 radical (unpaired) electrons. The fourth-order valence-electron chi connectivity index (χ4n) is 2.49.